The molecule has 0 unspecified atom stereocenters. The number of aromatic amines is 1. The molecule has 2 aromatic heterocycles. The predicted octanol–water partition coefficient (Wildman–Crippen LogP) is 3.91. The first kappa shape index (κ1) is 21.6. The zero-order chi connectivity index (χ0) is 22.0. The maximum atomic E-state index is 12.6. The van der Waals surface area contributed by atoms with Crippen LogP contribution in [0.5, 0.6) is 0 Å². The Morgan fingerprint density at radius 2 is 2.13 bits per heavy atom. The highest BCUT2D eigenvalue weighted by atomic mass is 32.2. The first-order valence-electron chi connectivity index (χ1n) is 10.1. The number of aromatic nitrogens is 2. The highest BCUT2D eigenvalue weighted by Gasteiger charge is 2.20. The number of hydrogen-bond acceptors (Lipinski definition) is 7. The van der Waals surface area contributed by atoms with Gasteiger partial charge in [0.05, 0.1) is 29.1 Å². The summed E-state index contributed by atoms with van der Waals surface area (Å²) in [5.74, 6) is 0.347. The molecule has 1 atom stereocenters. The summed E-state index contributed by atoms with van der Waals surface area (Å²) in [6.07, 6.45) is 4.25. The number of rotatable bonds is 6. The van der Waals surface area contributed by atoms with Crippen molar-refractivity contribution in [2.24, 2.45) is 0 Å². The minimum absolute atomic E-state index is 0.0864. The summed E-state index contributed by atoms with van der Waals surface area (Å²) in [5, 5.41) is 3.18. The van der Waals surface area contributed by atoms with Crippen LogP contribution in [0.3, 0.4) is 0 Å². The number of thioether (sulfide) groups is 1. The van der Waals surface area contributed by atoms with Gasteiger partial charge in [0.1, 0.15) is 10.7 Å². The molecule has 9 heteroatoms. The lowest BCUT2D eigenvalue weighted by molar-refractivity contribution is -0.115. The fourth-order valence-electron chi connectivity index (χ4n) is 3.64. The lowest BCUT2D eigenvalue weighted by Gasteiger charge is -2.12. The standard InChI is InChI=1S/C22H23N3O4S2/c1-12(19(26)23-14-7-5-6-13(10-14)22(28)29-2)30-11-17-24-20(27)18-15-8-3-4-9-16(15)31-21(18)25-17/h5-7,10,12H,3-4,8-9,11H2,1-2H3,(H,23,26)(H,24,25,27)/t12-/m0/s1. The van der Waals surface area contributed by atoms with Crippen molar-refractivity contribution >= 4 is 50.9 Å². The maximum Gasteiger partial charge on any atom is 0.337 e. The van der Waals surface area contributed by atoms with Crippen molar-refractivity contribution in [3.05, 3.63) is 56.4 Å². The van der Waals surface area contributed by atoms with Crippen molar-refractivity contribution in [2.75, 3.05) is 12.4 Å². The maximum absolute atomic E-state index is 12.6. The minimum atomic E-state index is -0.459. The molecule has 0 radical (unpaired) electrons. The second-order valence-electron chi connectivity index (χ2n) is 7.42. The average Bonchev–Trinajstić information content (AvgIpc) is 3.16. The molecule has 4 rings (SSSR count). The number of carbonyl (C=O) groups excluding carboxylic acids is 2. The number of anilines is 1. The molecule has 0 saturated carbocycles. The molecule has 1 aliphatic rings. The molecule has 1 aromatic carbocycles. The number of thiophene rings is 1. The van der Waals surface area contributed by atoms with Gasteiger partial charge in [-0.1, -0.05) is 6.07 Å². The third-order valence-electron chi connectivity index (χ3n) is 5.26. The highest BCUT2D eigenvalue weighted by molar-refractivity contribution is 7.99. The van der Waals surface area contributed by atoms with Crippen LogP contribution in [0.4, 0.5) is 5.69 Å². The van der Waals surface area contributed by atoms with Gasteiger partial charge >= 0.3 is 5.97 Å². The summed E-state index contributed by atoms with van der Waals surface area (Å²) < 4.78 is 4.71. The van der Waals surface area contributed by atoms with Gasteiger partial charge in [0.2, 0.25) is 5.91 Å². The minimum Gasteiger partial charge on any atom is -0.465 e. The van der Waals surface area contributed by atoms with E-state index in [0.29, 0.717) is 22.8 Å². The lowest BCUT2D eigenvalue weighted by atomic mass is 9.97. The Bertz CT molecular complexity index is 1200. The summed E-state index contributed by atoms with van der Waals surface area (Å²) >= 11 is 3.01. The largest absolute Gasteiger partial charge is 0.465 e. The molecular weight excluding hydrogens is 434 g/mol. The van der Waals surface area contributed by atoms with Crippen molar-refractivity contribution in [2.45, 2.75) is 43.6 Å². The smallest absolute Gasteiger partial charge is 0.337 e. The number of nitrogens with zero attached hydrogens (tertiary/aromatic N) is 1. The number of carbonyl (C=O) groups is 2. The number of esters is 1. The molecule has 3 aromatic rings. The predicted molar refractivity (Wildman–Crippen MR) is 124 cm³/mol. The first-order valence-corrected chi connectivity index (χ1v) is 12.0. The van der Waals surface area contributed by atoms with Crippen molar-refractivity contribution in [3.8, 4) is 0 Å². The number of fused-ring (bicyclic) bond motifs is 3. The monoisotopic (exact) mass is 457 g/mol. The Hall–Kier alpha value is -2.65. The van der Waals surface area contributed by atoms with E-state index >= 15 is 0 Å². The van der Waals surface area contributed by atoms with Gasteiger partial charge in [-0.15, -0.1) is 23.1 Å². The zero-order valence-corrected chi connectivity index (χ0v) is 19.0. The van der Waals surface area contributed by atoms with Crippen LogP contribution in [0.15, 0.2) is 29.1 Å². The molecule has 1 aliphatic carbocycles. The lowest BCUT2D eigenvalue weighted by Crippen LogP contribution is -2.23. The zero-order valence-electron chi connectivity index (χ0n) is 17.3. The Labute approximate surface area is 187 Å². The van der Waals surface area contributed by atoms with E-state index in [-0.39, 0.29) is 16.7 Å². The van der Waals surface area contributed by atoms with E-state index in [1.807, 2.05) is 0 Å². The number of methoxy groups -OCH3 is 1. The van der Waals surface area contributed by atoms with Gasteiger partial charge in [-0.25, -0.2) is 9.78 Å². The molecule has 2 heterocycles. The van der Waals surface area contributed by atoms with Crippen molar-refractivity contribution in [1.29, 1.82) is 0 Å². The summed E-state index contributed by atoms with van der Waals surface area (Å²) in [5.41, 5.74) is 1.98. The van der Waals surface area contributed by atoms with E-state index in [1.165, 1.54) is 29.3 Å². The van der Waals surface area contributed by atoms with Crippen molar-refractivity contribution in [3.63, 3.8) is 0 Å². The molecule has 1 amide bonds. The number of aryl methyl sites for hydroxylation is 2. The topological polar surface area (TPSA) is 101 Å². The van der Waals surface area contributed by atoms with Gasteiger partial charge < -0.3 is 15.0 Å². The summed E-state index contributed by atoms with van der Waals surface area (Å²) in [4.78, 5) is 46.5. The fourth-order valence-corrected chi connectivity index (χ4v) is 5.68. The Morgan fingerprint density at radius 1 is 1.32 bits per heavy atom. The molecule has 0 spiro atoms. The second kappa shape index (κ2) is 9.23. The number of benzene rings is 1. The average molecular weight is 458 g/mol. The van der Waals surface area contributed by atoms with Crippen LogP contribution in [-0.2, 0) is 28.1 Å². The number of amides is 1. The third kappa shape index (κ3) is 4.67. The number of H-pyrrole nitrogens is 1. The van der Waals surface area contributed by atoms with Crippen LogP contribution in [0, 0.1) is 0 Å². The van der Waals surface area contributed by atoms with Crippen LogP contribution in [0.1, 0.15) is 46.4 Å². The molecular formula is C22H23N3O4S2. The molecule has 162 valence electrons. The van der Waals surface area contributed by atoms with Gasteiger partial charge in [0, 0.05) is 10.6 Å². The van der Waals surface area contributed by atoms with Crippen molar-refractivity contribution < 1.29 is 14.3 Å². The normalized spacial score (nSPS) is 14.1. The molecule has 7 nitrogen and oxygen atoms in total. The molecule has 0 fully saturated rings. The number of ether oxygens (including phenoxy) is 1. The highest BCUT2D eigenvalue weighted by Crippen LogP contribution is 2.33. The van der Waals surface area contributed by atoms with Gasteiger partial charge in [-0.3, -0.25) is 9.59 Å². The van der Waals surface area contributed by atoms with E-state index in [1.54, 1.807) is 42.5 Å². The van der Waals surface area contributed by atoms with Crippen LogP contribution in [-0.4, -0.2) is 34.2 Å². The summed E-state index contributed by atoms with van der Waals surface area (Å²) in [6, 6.07) is 6.60. The Morgan fingerprint density at radius 3 is 2.94 bits per heavy atom. The summed E-state index contributed by atoms with van der Waals surface area (Å²) in [6.45, 7) is 1.80. The van der Waals surface area contributed by atoms with E-state index in [9.17, 15) is 14.4 Å². The van der Waals surface area contributed by atoms with Gasteiger partial charge in [0.25, 0.3) is 5.56 Å². The Balaban J connectivity index is 1.42. The molecule has 0 bridgehead atoms. The second-order valence-corrected chi connectivity index (χ2v) is 9.83. The van der Waals surface area contributed by atoms with Gasteiger partial charge in [-0.05, 0) is 56.4 Å². The number of hydrogen-bond donors (Lipinski definition) is 2. The molecule has 0 saturated heterocycles. The van der Waals surface area contributed by atoms with E-state index in [4.69, 9.17) is 4.74 Å². The van der Waals surface area contributed by atoms with Crippen molar-refractivity contribution in [1.82, 2.24) is 9.97 Å². The van der Waals surface area contributed by atoms with Crippen LogP contribution in [0.2, 0.25) is 0 Å². The quantitative estimate of drug-likeness (QED) is 0.544. The molecule has 31 heavy (non-hydrogen) atoms. The molecule has 2 N–H and O–H groups in total. The van der Waals surface area contributed by atoms with Crippen LogP contribution < -0.4 is 10.9 Å². The van der Waals surface area contributed by atoms with Crippen LogP contribution in [0.25, 0.3) is 10.2 Å². The van der Waals surface area contributed by atoms with Crippen LogP contribution >= 0.6 is 23.1 Å². The number of nitrogens with one attached hydrogen (secondary N) is 2. The first-order chi connectivity index (χ1) is 15.0. The SMILES string of the molecule is COC(=O)c1cccc(NC(=O)[C@H](C)SCc2nc3sc4c(c3c(=O)[nH]2)CCCC4)c1. The third-order valence-corrected chi connectivity index (χ3v) is 7.60. The van der Waals surface area contributed by atoms with Gasteiger partial charge in [-0.2, -0.15) is 0 Å². The Kier molecular flexibility index (Phi) is 6.43. The van der Waals surface area contributed by atoms with E-state index in [0.717, 1.165) is 35.9 Å². The van der Waals surface area contributed by atoms with E-state index < -0.39 is 5.97 Å². The molecule has 0 aliphatic heterocycles. The summed E-state index contributed by atoms with van der Waals surface area (Å²) in [7, 11) is 1.31. The van der Waals surface area contributed by atoms with E-state index in [2.05, 4.69) is 15.3 Å². The van der Waals surface area contributed by atoms with Gasteiger partial charge in [0.15, 0.2) is 0 Å². The fraction of sp³-hybridized carbons (Fsp3) is 0.364.